The average molecular weight is 258 g/mol. The fraction of sp³-hybridized carbons (Fsp3) is 0.923. The maximum absolute atomic E-state index is 5.29. The first-order chi connectivity index (χ1) is 7.84. The fourth-order valence-electron chi connectivity index (χ4n) is 2.26. The summed E-state index contributed by atoms with van der Waals surface area (Å²) >= 11 is 5.29. The van der Waals surface area contributed by atoms with Gasteiger partial charge in [-0.2, -0.15) is 0 Å². The summed E-state index contributed by atoms with van der Waals surface area (Å²) in [4.78, 5) is 0. The van der Waals surface area contributed by atoms with E-state index in [1.807, 2.05) is 6.92 Å². The Balaban J connectivity index is 2.15. The Kier molecular flexibility index (Phi) is 4.78. The maximum Gasteiger partial charge on any atom is 0.166 e. The zero-order valence-electron chi connectivity index (χ0n) is 11.7. The van der Waals surface area contributed by atoms with Gasteiger partial charge in [0.15, 0.2) is 5.11 Å². The first kappa shape index (κ1) is 14.7. The SMILES string of the molecule is CCOCCCNC(=S)NC1C(C)(C)C1(C)C. The van der Waals surface area contributed by atoms with Crippen LogP contribution in [0.15, 0.2) is 0 Å². The lowest BCUT2D eigenvalue weighted by Crippen LogP contribution is -2.39. The molecule has 2 N–H and O–H groups in total. The van der Waals surface area contributed by atoms with E-state index in [9.17, 15) is 0 Å². The van der Waals surface area contributed by atoms with Crippen LogP contribution in [0.1, 0.15) is 41.0 Å². The van der Waals surface area contributed by atoms with Crippen LogP contribution in [0.4, 0.5) is 0 Å². The molecule has 1 rings (SSSR count). The molecule has 0 spiro atoms. The first-order valence-corrected chi connectivity index (χ1v) is 6.87. The first-order valence-electron chi connectivity index (χ1n) is 6.46. The Morgan fingerprint density at radius 2 is 1.82 bits per heavy atom. The smallest absolute Gasteiger partial charge is 0.166 e. The van der Waals surface area contributed by atoms with Gasteiger partial charge in [0.05, 0.1) is 0 Å². The molecule has 0 aromatic rings. The molecular weight excluding hydrogens is 232 g/mol. The van der Waals surface area contributed by atoms with E-state index in [1.165, 1.54) is 0 Å². The predicted molar refractivity (Wildman–Crippen MR) is 76.2 cm³/mol. The van der Waals surface area contributed by atoms with Gasteiger partial charge < -0.3 is 15.4 Å². The summed E-state index contributed by atoms with van der Waals surface area (Å²) in [5.41, 5.74) is 0.647. The van der Waals surface area contributed by atoms with Crippen molar-refractivity contribution in [3.05, 3.63) is 0 Å². The molecule has 0 aromatic heterocycles. The van der Waals surface area contributed by atoms with Crippen molar-refractivity contribution >= 4 is 17.3 Å². The zero-order valence-corrected chi connectivity index (χ0v) is 12.5. The molecule has 0 amide bonds. The summed E-state index contributed by atoms with van der Waals surface area (Å²) in [5.74, 6) is 0. The van der Waals surface area contributed by atoms with Crippen molar-refractivity contribution in [3.8, 4) is 0 Å². The summed E-state index contributed by atoms with van der Waals surface area (Å²) in [6.45, 7) is 13.6. The number of ether oxygens (including phenoxy) is 1. The number of rotatable bonds is 6. The fourth-order valence-corrected chi connectivity index (χ4v) is 2.48. The molecule has 0 aliphatic heterocycles. The minimum atomic E-state index is 0.323. The van der Waals surface area contributed by atoms with Gasteiger partial charge in [0.25, 0.3) is 0 Å². The van der Waals surface area contributed by atoms with E-state index in [0.29, 0.717) is 16.9 Å². The highest BCUT2D eigenvalue weighted by Gasteiger charge is 2.65. The van der Waals surface area contributed by atoms with Gasteiger partial charge in [-0.25, -0.2) is 0 Å². The number of hydrogen-bond acceptors (Lipinski definition) is 2. The standard InChI is InChI=1S/C13H26N2OS/c1-6-16-9-7-8-14-11(17)15-10-12(2,3)13(10,4)5/h10H,6-9H2,1-5H3,(H2,14,15,17). The highest BCUT2D eigenvalue weighted by atomic mass is 32.1. The number of nitrogens with one attached hydrogen (secondary N) is 2. The molecule has 0 atom stereocenters. The molecule has 0 radical (unpaired) electrons. The van der Waals surface area contributed by atoms with Gasteiger partial charge in [0.1, 0.15) is 0 Å². The predicted octanol–water partition coefficient (Wildman–Crippen LogP) is 2.31. The molecule has 17 heavy (non-hydrogen) atoms. The number of hydrogen-bond donors (Lipinski definition) is 2. The van der Waals surface area contributed by atoms with Crippen LogP contribution in [0.25, 0.3) is 0 Å². The number of thiocarbonyl (C=S) groups is 1. The molecular formula is C13H26N2OS. The van der Waals surface area contributed by atoms with Crippen molar-refractivity contribution in [1.29, 1.82) is 0 Å². The van der Waals surface area contributed by atoms with E-state index >= 15 is 0 Å². The molecule has 1 aliphatic carbocycles. The van der Waals surface area contributed by atoms with Crippen molar-refractivity contribution < 1.29 is 4.74 Å². The highest BCUT2D eigenvalue weighted by molar-refractivity contribution is 7.80. The van der Waals surface area contributed by atoms with Crippen LogP contribution in [0.2, 0.25) is 0 Å². The summed E-state index contributed by atoms with van der Waals surface area (Å²) < 4.78 is 5.27. The second-order valence-electron chi connectivity index (χ2n) is 5.83. The van der Waals surface area contributed by atoms with Crippen molar-refractivity contribution in [2.45, 2.75) is 47.1 Å². The van der Waals surface area contributed by atoms with Crippen molar-refractivity contribution in [2.75, 3.05) is 19.8 Å². The molecule has 1 saturated carbocycles. The van der Waals surface area contributed by atoms with E-state index in [0.717, 1.165) is 31.3 Å². The van der Waals surface area contributed by atoms with Gasteiger partial charge in [-0.05, 0) is 36.4 Å². The van der Waals surface area contributed by atoms with Gasteiger partial charge in [-0.15, -0.1) is 0 Å². The van der Waals surface area contributed by atoms with Crippen LogP contribution in [-0.2, 0) is 4.74 Å². The lowest BCUT2D eigenvalue weighted by atomic mass is 10.0. The van der Waals surface area contributed by atoms with Gasteiger partial charge >= 0.3 is 0 Å². The monoisotopic (exact) mass is 258 g/mol. The summed E-state index contributed by atoms with van der Waals surface area (Å²) in [6.07, 6.45) is 0.993. The van der Waals surface area contributed by atoms with E-state index in [1.54, 1.807) is 0 Å². The van der Waals surface area contributed by atoms with Crippen LogP contribution < -0.4 is 10.6 Å². The lowest BCUT2D eigenvalue weighted by molar-refractivity contribution is 0.145. The molecule has 0 unspecified atom stereocenters. The van der Waals surface area contributed by atoms with Gasteiger partial charge in [0.2, 0.25) is 0 Å². The normalized spacial score (nSPS) is 21.0. The van der Waals surface area contributed by atoms with Crippen molar-refractivity contribution in [1.82, 2.24) is 10.6 Å². The third kappa shape index (κ3) is 3.32. The average Bonchev–Trinajstić information content (AvgIpc) is 2.61. The molecule has 0 heterocycles. The Labute approximate surface area is 111 Å². The van der Waals surface area contributed by atoms with Gasteiger partial charge in [-0.1, -0.05) is 27.7 Å². The van der Waals surface area contributed by atoms with E-state index in [4.69, 9.17) is 17.0 Å². The lowest BCUT2D eigenvalue weighted by Gasteiger charge is -2.11. The summed E-state index contributed by atoms with van der Waals surface area (Å²) in [7, 11) is 0. The molecule has 0 bridgehead atoms. The molecule has 0 aromatic carbocycles. The highest BCUT2D eigenvalue weighted by Crippen LogP contribution is 2.62. The van der Waals surface area contributed by atoms with Crippen LogP contribution in [-0.4, -0.2) is 30.9 Å². The molecule has 4 heteroatoms. The van der Waals surface area contributed by atoms with Crippen LogP contribution in [0.3, 0.4) is 0 Å². The molecule has 0 saturated heterocycles. The Morgan fingerprint density at radius 3 is 2.29 bits per heavy atom. The quantitative estimate of drug-likeness (QED) is 0.566. The van der Waals surface area contributed by atoms with E-state index < -0.39 is 0 Å². The minimum absolute atomic E-state index is 0.323. The largest absolute Gasteiger partial charge is 0.382 e. The Bertz CT molecular complexity index is 263. The van der Waals surface area contributed by atoms with Crippen molar-refractivity contribution in [2.24, 2.45) is 10.8 Å². The molecule has 3 nitrogen and oxygen atoms in total. The van der Waals surface area contributed by atoms with E-state index in [2.05, 4.69) is 38.3 Å². The molecule has 1 aliphatic rings. The second-order valence-corrected chi connectivity index (χ2v) is 6.24. The third-order valence-electron chi connectivity index (χ3n) is 4.25. The topological polar surface area (TPSA) is 33.3 Å². The van der Waals surface area contributed by atoms with Crippen LogP contribution in [0.5, 0.6) is 0 Å². The Hall–Kier alpha value is -0.350. The Morgan fingerprint density at radius 1 is 1.24 bits per heavy atom. The minimum Gasteiger partial charge on any atom is -0.382 e. The van der Waals surface area contributed by atoms with E-state index in [-0.39, 0.29) is 0 Å². The third-order valence-corrected chi connectivity index (χ3v) is 4.51. The van der Waals surface area contributed by atoms with Crippen molar-refractivity contribution in [3.63, 3.8) is 0 Å². The van der Waals surface area contributed by atoms with Gasteiger partial charge in [0, 0.05) is 25.8 Å². The van der Waals surface area contributed by atoms with Crippen LogP contribution >= 0.6 is 12.2 Å². The summed E-state index contributed by atoms with van der Waals surface area (Å²) in [5, 5.41) is 7.40. The molecule has 1 fully saturated rings. The molecule has 100 valence electrons. The summed E-state index contributed by atoms with van der Waals surface area (Å²) in [6, 6.07) is 0.474. The zero-order chi connectivity index (χ0) is 13.1. The van der Waals surface area contributed by atoms with Gasteiger partial charge in [-0.3, -0.25) is 0 Å². The van der Waals surface area contributed by atoms with Crippen LogP contribution in [0, 0.1) is 10.8 Å². The maximum atomic E-state index is 5.29. The second kappa shape index (κ2) is 5.53.